The van der Waals surface area contributed by atoms with Crippen molar-refractivity contribution in [3.63, 3.8) is 0 Å². The first-order valence-electron chi connectivity index (χ1n) is 11.4. The topological polar surface area (TPSA) is 95.1 Å². The number of ether oxygens (including phenoxy) is 1. The zero-order valence-corrected chi connectivity index (χ0v) is 18.5. The summed E-state index contributed by atoms with van der Waals surface area (Å²) in [5.74, 6) is 0.503. The van der Waals surface area contributed by atoms with E-state index in [1.165, 1.54) is 38.5 Å². The Morgan fingerprint density at radius 3 is 2.58 bits per heavy atom. The average molecular weight is 430 g/mol. The number of guanidine groups is 1. The highest BCUT2D eigenvalue weighted by Gasteiger charge is 2.22. The van der Waals surface area contributed by atoms with Crippen LogP contribution in [0.15, 0.2) is 29.3 Å². The second kappa shape index (κ2) is 12.3. The van der Waals surface area contributed by atoms with E-state index in [4.69, 9.17) is 4.74 Å². The van der Waals surface area contributed by atoms with Gasteiger partial charge in [0.2, 0.25) is 5.91 Å². The molecule has 2 fully saturated rings. The highest BCUT2D eigenvalue weighted by Crippen LogP contribution is 2.19. The summed E-state index contributed by atoms with van der Waals surface area (Å²) in [6.07, 6.45) is 7.98. The fourth-order valence-electron chi connectivity index (χ4n) is 3.97. The van der Waals surface area contributed by atoms with Crippen molar-refractivity contribution in [3.8, 4) is 0 Å². The van der Waals surface area contributed by atoms with Crippen LogP contribution in [0.4, 0.5) is 0 Å². The summed E-state index contributed by atoms with van der Waals surface area (Å²) < 4.78 is 6.01. The molecule has 3 rings (SSSR count). The maximum absolute atomic E-state index is 12.5. The monoisotopic (exact) mass is 429 g/mol. The van der Waals surface area contributed by atoms with Crippen molar-refractivity contribution in [2.24, 2.45) is 4.99 Å². The Labute approximate surface area is 184 Å². The molecule has 1 heterocycles. The molecule has 8 nitrogen and oxygen atoms in total. The summed E-state index contributed by atoms with van der Waals surface area (Å²) in [5, 5.41) is 9.31. The van der Waals surface area contributed by atoms with E-state index in [2.05, 4.69) is 20.9 Å². The van der Waals surface area contributed by atoms with Crippen LogP contribution in [0, 0.1) is 0 Å². The molecule has 1 aliphatic carbocycles. The Balaban J connectivity index is 1.38. The summed E-state index contributed by atoms with van der Waals surface area (Å²) in [7, 11) is 1.75. The fourth-order valence-corrected chi connectivity index (χ4v) is 3.97. The van der Waals surface area contributed by atoms with Crippen LogP contribution in [-0.4, -0.2) is 68.6 Å². The van der Waals surface area contributed by atoms with Crippen LogP contribution in [0.3, 0.4) is 0 Å². The molecule has 1 saturated carbocycles. The number of benzene rings is 1. The fraction of sp³-hybridized carbons (Fsp3) is 0.609. The first-order chi connectivity index (χ1) is 15.2. The molecule has 0 atom stereocenters. The summed E-state index contributed by atoms with van der Waals surface area (Å²) in [4.78, 5) is 29.9. The standard InChI is InChI=1S/C23H35N5O3/c1-24-23(26-13-15-31-20-6-4-2-3-5-7-20)27-16-18-8-10-19(11-9-18)22(30)28-14-12-25-21(29)17-28/h8-11,20H,2-7,12-17H2,1H3,(H,25,29)(H2,24,26,27). The number of hydrogen-bond donors (Lipinski definition) is 3. The Morgan fingerprint density at radius 1 is 1.16 bits per heavy atom. The molecule has 2 aliphatic rings. The number of carbonyl (C=O) groups is 2. The van der Waals surface area contributed by atoms with Gasteiger partial charge in [0.15, 0.2) is 5.96 Å². The number of nitrogens with one attached hydrogen (secondary N) is 3. The second-order valence-corrected chi connectivity index (χ2v) is 8.11. The van der Waals surface area contributed by atoms with Gasteiger partial charge in [-0.05, 0) is 30.5 Å². The molecule has 0 unspecified atom stereocenters. The molecule has 0 radical (unpaired) electrons. The van der Waals surface area contributed by atoms with Crippen LogP contribution in [0.1, 0.15) is 54.4 Å². The van der Waals surface area contributed by atoms with E-state index in [0.717, 1.165) is 11.5 Å². The minimum absolute atomic E-state index is 0.111. The number of amides is 2. The summed E-state index contributed by atoms with van der Waals surface area (Å²) in [6, 6.07) is 7.46. The molecular weight excluding hydrogens is 394 g/mol. The number of piperazine rings is 1. The minimum atomic E-state index is -0.112. The molecule has 1 aromatic rings. The number of carbonyl (C=O) groups excluding carboxylic acids is 2. The van der Waals surface area contributed by atoms with Crippen LogP contribution >= 0.6 is 0 Å². The van der Waals surface area contributed by atoms with E-state index in [1.807, 2.05) is 24.3 Å². The average Bonchev–Trinajstić information content (AvgIpc) is 3.07. The van der Waals surface area contributed by atoms with E-state index in [1.54, 1.807) is 11.9 Å². The van der Waals surface area contributed by atoms with Crippen LogP contribution in [0.2, 0.25) is 0 Å². The van der Waals surface area contributed by atoms with E-state index in [-0.39, 0.29) is 18.4 Å². The lowest BCUT2D eigenvalue weighted by Gasteiger charge is -2.26. The lowest BCUT2D eigenvalue weighted by atomic mass is 10.1. The van der Waals surface area contributed by atoms with Gasteiger partial charge in [0, 0.05) is 38.8 Å². The zero-order valence-electron chi connectivity index (χ0n) is 18.5. The second-order valence-electron chi connectivity index (χ2n) is 8.11. The van der Waals surface area contributed by atoms with Gasteiger partial charge in [0.25, 0.3) is 5.91 Å². The SMILES string of the molecule is CN=C(NCCOC1CCCCCC1)NCc1ccc(C(=O)N2CCNC(=O)C2)cc1. The quantitative estimate of drug-likeness (QED) is 0.265. The lowest BCUT2D eigenvalue weighted by molar-refractivity contribution is -0.123. The van der Waals surface area contributed by atoms with E-state index < -0.39 is 0 Å². The molecule has 1 aromatic carbocycles. The predicted octanol–water partition coefficient (Wildman–Crippen LogP) is 1.66. The summed E-state index contributed by atoms with van der Waals surface area (Å²) in [6.45, 7) is 3.16. The number of aliphatic imine (C=N–C) groups is 1. The van der Waals surface area contributed by atoms with Gasteiger partial charge in [-0.3, -0.25) is 14.6 Å². The molecule has 0 bridgehead atoms. The largest absolute Gasteiger partial charge is 0.376 e. The van der Waals surface area contributed by atoms with Gasteiger partial charge in [-0.2, -0.15) is 0 Å². The van der Waals surface area contributed by atoms with E-state index in [0.29, 0.717) is 44.5 Å². The molecule has 1 saturated heterocycles. The predicted molar refractivity (Wildman–Crippen MR) is 121 cm³/mol. The van der Waals surface area contributed by atoms with Crippen molar-refractivity contribution in [2.45, 2.75) is 51.2 Å². The molecule has 0 spiro atoms. The van der Waals surface area contributed by atoms with Crippen molar-refractivity contribution in [2.75, 3.05) is 39.8 Å². The van der Waals surface area contributed by atoms with Crippen molar-refractivity contribution in [1.82, 2.24) is 20.9 Å². The maximum Gasteiger partial charge on any atom is 0.254 e. The minimum Gasteiger partial charge on any atom is -0.376 e. The Morgan fingerprint density at radius 2 is 1.90 bits per heavy atom. The third kappa shape index (κ3) is 7.54. The summed E-state index contributed by atoms with van der Waals surface area (Å²) >= 11 is 0. The Bertz CT molecular complexity index is 742. The molecular formula is C23H35N5O3. The van der Waals surface area contributed by atoms with Crippen molar-refractivity contribution < 1.29 is 14.3 Å². The molecule has 170 valence electrons. The molecule has 2 amide bonds. The number of rotatable bonds is 7. The van der Waals surface area contributed by atoms with Gasteiger partial charge in [0.1, 0.15) is 0 Å². The van der Waals surface area contributed by atoms with Crippen LogP contribution in [-0.2, 0) is 16.1 Å². The van der Waals surface area contributed by atoms with Gasteiger partial charge >= 0.3 is 0 Å². The Hall–Kier alpha value is -2.61. The van der Waals surface area contributed by atoms with Gasteiger partial charge in [-0.1, -0.05) is 37.8 Å². The molecule has 0 aromatic heterocycles. The third-order valence-corrected chi connectivity index (χ3v) is 5.76. The zero-order chi connectivity index (χ0) is 21.9. The molecule has 8 heteroatoms. The van der Waals surface area contributed by atoms with E-state index >= 15 is 0 Å². The van der Waals surface area contributed by atoms with Crippen LogP contribution < -0.4 is 16.0 Å². The molecule has 1 aliphatic heterocycles. The van der Waals surface area contributed by atoms with Crippen LogP contribution in [0.5, 0.6) is 0 Å². The van der Waals surface area contributed by atoms with Crippen molar-refractivity contribution in [1.29, 1.82) is 0 Å². The van der Waals surface area contributed by atoms with E-state index in [9.17, 15) is 9.59 Å². The highest BCUT2D eigenvalue weighted by atomic mass is 16.5. The Kier molecular flexibility index (Phi) is 9.15. The van der Waals surface area contributed by atoms with Crippen molar-refractivity contribution in [3.05, 3.63) is 35.4 Å². The van der Waals surface area contributed by atoms with Gasteiger partial charge in [0.05, 0.1) is 19.3 Å². The first-order valence-corrected chi connectivity index (χ1v) is 11.4. The lowest BCUT2D eigenvalue weighted by Crippen LogP contribution is -2.49. The molecule has 31 heavy (non-hydrogen) atoms. The summed E-state index contributed by atoms with van der Waals surface area (Å²) in [5.41, 5.74) is 1.64. The van der Waals surface area contributed by atoms with Gasteiger partial charge < -0.3 is 25.6 Å². The third-order valence-electron chi connectivity index (χ3n) is 5.76. The van der Waals surface area contributed by atoms with Crippen LogP contribution in [0.25, 0.3) is 0 Å². The first kappa shape index (κ1) is 23.1. The van der Waals surface area contributed by atoms with Crippen molar-refractivity contribution >= 4 is 17.8 Å². The smallest absolute Gasteiger partial charge is 0.254 e. The number of hydrogen-bond acceptors (Lipinski definition) is 4. The van der Waals surface area contributed by atoms with Gasteiger partial charge in [-0.15, -0.1) is 0 Å². The maximum atomic E-state index is 12.5. The highest BCUT2D eigenvalue weighted by molar-refractivity contribution is 5.97. The number of nitrogens with zero attached hydrogens (tertiary/aromatic N) is 2. The van der Waals surface area contributed by atoms with Gasteiger partial charge in [-0.25, -0.2) is 0 Å². The normalized spacial score (nSPS) is 18.3. The molecule has 3 N–H and O–H groups in total.